The van der Waals surface area contributed by atoms with Crippen molar-refractivity contribution in [3.8, 4) is 11.4 Å². The van der Waals surface area contributed by atoms with Crippen molar-refractivity contribution in [2.75, 3.05) is 20.2 Å². The monoisotopic (exact) mass is 381 g/mol. The van der Waals surface area contributed by atoms with E-state index >= 15 is 0 Å². The minimum absolute atomic E-state index is 0.607. The quantitative estimate of drug-likeness (QED) is 0.579. The molecule has 0 bridgehead atoms. The molecule has 1 aromatic carbocycles. The summed E-state index contributed by atoms with van der Waals surface area (Å²) in [6.45, 7) is 18.8. The summed E-state index contributed by atoms with van der Waals surface area (Å²) in [7, 11) is 1.84. The lowest BCUT2D eigenvalue weighted by Crippen LogP contribution is -2.20. The number of nitrogens with zero attached hydrogens (tertiary/aromatic N) is 2. The largest absolute Gasteiger partial charge is 0.494 e. The summed E-state index contributed by atoms with van der Waals surface area (Å²) in [4.78, 5) is 4.48. The molecule has 0 saturated carbocycles. The molecule has 2 aromatic rings. The van der Waals surface area contributed by atoms with E-state index in [9.17, 15) is 0 Å². The second kappa shape index (κ2) is 9.63. The lowest BCUT2D eigenvalue weighted by atomic mass is 10.0. The summed E-state index contributed by atoms with van der Waals surface area (Å²) < 4.78 is 7.88. The zero-order chi connectivity index (χ0) is 20.8. The smallest absolute Gasteiger partial charge is 0.119 e. The standard InChI is InChI=1S/C24H35N3O/c1-9-16(3)15-26-18(5)24-20(7)27(19(6)23(24)17(4)25-8)21-11-13-22(14-12-21)28-10-2/h11-14,16,26H,5,9-10,15H2,1-4,6-8H3. The van der Waals surface area contributed by atoms with Crippen LogP contribution in [0.2, 0.25) is 0 Å². The average molecular weight is 382 g/mol. The van der Waals surface area contributed by atoms with Crippen LogP contribution in [0, 0.1) is 19.8 Å². The Hall–Kier alpha value is -2.49. The number of ether oxygens (including phenoxy) is 1. The Morgan fingerprint density at radius 1 is 1.14 bits per heavy atom. The topological polar surface area (TPSA) is 38.5 Å². The second-order valence-electron chi connectivity index (χ2n) is 7.37. The maximum Gasteiger partial charge on any atom is 0.119 e. The number of aliphatic imine (C=N–C) groups is 1. The van der Waals surface area contributed by atoms with Gasteiger partial charge in [-0.2, -0.15) is 0 Å². The van der Waals surface area contributed by atoms with Gasteiger partial charge in [-0.25, -0.2) is 0 Å². The molecule has 0 aliphatic carbocycles. The summed E-state index contributed by atoms with van der Waals surface area (Å²) in [6.07, 6.45) is 1.15. The first-order chi connectivity index (χ1) is 13.3. The van der Waals surface area contributed by atoms with Crippen molar-refractivity contribution in [1.29, 1.82) is 0 Å². The van der Waals surface area contributed by atoms with Crippen LogP contribution in [0.1, 0.15) is 56.6 Å². The van der Waals surface area contributed by atoms with Crippen LogP contribution in [-0.4, -0.2) is 30.5 Å². The van der Waals surface area contributed by atoms with Gasteiger partial charge in [0.1, 0.15) is 5.75 Å². The van der Waals surface area contributed by atoms with E-state index in [1.165, 1.54) is 11.4 Å². The Morgan fingerprint density at radius 3 is 2.29 bits per heavy atom. The summed E-state index contributed by atoms with van der Waals surface area (Å²) in [5.74, 6) is 1.50. The average Bonchev–Trinajstić information content (AvgIpc) is 2.96. The van der Waals surface area contributed by atoms with E-state index < -0.39 is 0 Å². The third-order valence-corrected chi connectivity index (χ3v) is 5.41. The van der Waals surface area contributed by atoms with Crippen molar-refractivity contribution >= 4 is 11.4 Å². The maximum absolute atomic E-state index is 5.59. The third kappa shape index (κ3) is 4.49. The van der Waals surface area contributed by atoms with Gasteiger partial charge in [0.15, 0.2) is 0 Å². The van der Waals surface area contributed by atoms with Crippen LogP contribution >= 0.6 is 0 Å². The Morgan fingerprint density at radius 2 is 1.75 bits per heavy atom. The highest BCUT2D eigenvalue weighted by molar-refractivity contribution is 6.04. The van der Waals surface area contributed by atoms with E-state index in [0.717, 1.165) is 46.9 Å². The molecule has 0 aliphatic heterocycles. The van der Waals surface area contributed by atoms with Gasteiger partial charge in [0.2, 0.25) is 0 Å². The molecule has 4 heteroatoms. The molecule has 0 spiro atoms. The molecular weight excluding hydrogens is 346 g/mol. The van der Waals surface area contributed by atoms with Crippen LogP contribution in [-0.2, 0) is 0 Å². The summed E-state index contributed by atoms with van der Waals surface area (Å²) >= 11 is 0. The van der Waals surface area contributed by atoms with E-state index in [1.54, 1.807) is 0 Å². The van der Waals surface area contributed by atoms with Crippen molar-refractivity contribution in [2.24, 2.45) is 10.9 Å². The number of hydrogen-bond donors (Lipinski definition) is 1. The third-order valence-electron chi connectivity index (χ3n) is 5.41. The van der Waals surface area contributed by atoms with Crippen molar-refractivity contribution in [3.05, 3.63) is 53.4 Å². The lowest BCUT2D eigenvalue weighted by molar-refractivity contribution is 0.340. The van der Waals surface area contributed by atoms with Crippen molar-refractivity contribution < 1.29 is 4.74 Å². The normalized spacial score (nSPS) is 12.8. The van der Waals surface area contributed by atoms with Crippen LogP contribution < -0.4 is 10.1 Å². The van der Waals surface area contributed by atoms with Crippen LogP contribution in [0.15, 0.2) is 35.8 Å². The molecule has 0 amide bonds. The molecular formula is C24H35N3O. The predicted octanol–water partition coefficient (Wildman–Crippen LogP) is 5.54. The zero-order valence-corrected chi connectivity index (χ0v) is 18.5. The minimum Gasteiger partial charge on any atom is -0.494 e. The van der Waals surface area contributed by atoms with Gasteiger partial charge < -0.3 is 14.6 Å². The summed E-state index contributed by atoms with van der Waals surface area (Å²) in [5, 5.41) is 3.54. The van der Waals surface area contributed by atoms with E-state index in [2.05, 4.69) is 68.2 Å². The Labute approximate surface area is 170 Å². The Balaban J connectivity index is 2.53. The number of benzene rings is 1. The molecule has 0 fully saturated rings. The molecule has 0 radical (unpaired) electrons. The Bertz CT molecular complexity index is 844. The molecule has 4 nitrogen and oxygen atoms in total. The molecule has 0 aliphatic rings. The molecule has 1 N–H and O–H groups in total. The highest BCUT2D eigenvalue weighted by Crippen LogP contribution is 2.31. The fourth-order valence-corrected chi connectivity index (χ4v) is 3.54. The predicted molar refractivity (Wildman–Crippen MR) is 121 cm³/mol. The molecule has 28 heavy (non-hydrogen) atoms. The summed E-state index contributed by atoms with van der Waals surface area (Å²) in [5.41, 5.74) is 7.75. The lowest BCUT2D eigenvalue weighted by Gasteiger charge is -2.15. The highest BCUT2D eigenvalue weighted by Gasteiger charge is 2.22. The summed E-state index contributed by atoms with van der Waals surface area (Å²) in [6, 6.07) is 8.25. The van der Waals surface area contributed by atoms with Gasteiger partial charge in [0.05, 0.1) is 6.61 Å². The minimum atomic E-state index is 0.607. The van der Waals surface area contributed by atoms with Crippen molar-refractivity contribution in [3.63, 3.8) is 0 Å². The Kier molecular flexibility index (Phi) is 7.50. The van der Waals surface area contributed by atoms with E-state index in [1.807, 2.05) is 26.1 Å². The highest BCUT2D eigenvalue weighted by atomic mass is 16.5. The number of aromatic nitrogens is 1. The molecule has 1 heterocycles. The van der Waals surface area contributed by atoms with Crippen LogP contribution in [0.4, 0.5) is 0 Å². The van der Waals surface area contributed by atoms with Gasteiger partial charge in [-0.3, -0.25) is 4.99 Å². The molecule has 1 atom stereocenters. The van der Waals surface area contributed by atoms with Gasteiger partial charge in [-0.05, 0) is 57.9 Å². The first-order valence-electron chi connectivity index (χ1n) is 10.2. The molecule has 1 aromatic heterocycles. The number of nitrogens with one attached hydrogen (secondary N) is 1. The zero-order valence-electron chi connectivity index (χ0n) is 18.5. The van der Waals surface area contributed by atoms with Gasteiger partial charge in [0.25, 0.3) is 0 Å². The number of rotatable bonds is 9. The van der Waals surface area contributed by atoms with Crippen LogP contribution in [0.5, 0.6) is 5.75 Å². The van der Waals surface area contributed by atoms with Crippen molar-refractivity contribution in [1.82, 2.24) is 9.88 Å². The van der Waals surface area contributed by atoms with Gasteiger partial charge in [0, 0.05) is 53.2 Å². The van der Waals surface area contributed by atoms with Crippen LogP contribution in [0.3, 0.4) is 0 Å². The van der Waals surface area contributed by atoms with Gasteiger partial charge in [-0.15, -0.1) is 0 Å². The van der Waals surface area contributed by atoms with E-state index in [-0.39, 0.29) is 0 Å². The number of hydrogen-bond acceptors (Lipinski definition) is 3. The van der Waals surface area contributed by atoms with Crippen molar-refractivity contribution in [2.45, 2.75) is 48.0 Å². The SMILES string of the molecule is C=C(NCC(C)CC)c1c(C(C)=NC)c(C)n(-c2ccc(OCC)cc2)c1C. The molecule has 0 saturated heterocycles. The van der Waals surface area contributed by atoms with E-state index in [4.69, 9.17) is 4.74 Å². The van der Waals surface area contributed by atoms with Gasteiger partial charge in [-0.1, -0.05) is 26.8 Å². The van der Waals surface area contributed by atoms with Gasteiger partial charge >= 0.3 is 0 Å². The molecule has 1 unspecified atom stereocenters. The molecule has 152 valence electrons. The van der Waals surface area contributed by atoms with Crippen LogP contribution in [0.25, 0.3) is 11.4 Å². The first-order valence-corrected chi connectivity index (χ1v) is 10.2. The molecule has 2 rings (SSSR count). The fourth-order valence-electron chi connectivity index (χ4n) is 3.54. The van der Waals surface area contributed by atoms with E-state index in [0.29, 0.717) is 12.5 Å². The maximum atomic E-state index is 5.59. The second-order valence-corrected chi connectivity index (χ2v) is 7.37. The fraction of sp³-hybridized carbons (Fsp3) is 0.458. The first kappa shape index (κ1) is 21.8.